The fourth-order valence-corrected chi connectivity index (χ4v) is 2.26. The number of nitrogens with one attached hydrogen (secondary N) is 1. The van der Waals surface area contributed by atoms with Crippen molar-refractivity contribution < 1.29 is 14.3 Å². The molecule has 1 aromatic rings. The van der Waals surface area contributed by atoms with Crippen molar-refractivity contribution in [1.29, 1.82) is 0 Å². The van der Waals surface area contributed by atoms with Crippen LogP contribution in [-0.2, 0) is 20.8 Å². The Bertz CT molecular complexity index is 380. The predicted molar refractivity (Wildman–Crippen MR) is 69.6 cm³/mol. The summed E-state index contributed by atoms with van der Waals surface area (Å²) < 4.78 is 12.7. The Morgan fingerprint density at radius 2 is 2.53 bits per heavy atom. The predicted octanol–water partition coefficient (Wildman–Crippen LogP) is 0.583. The lowest BCUT2D eigenvalue weighted by Gasteiger charge is -2.31. The minimum Gasteiger partial charge on any atom is -0.379 e. The van der Waals surface area contributed by atoms with E-state index < -0.39 is 0 Å². The smallest absolute Gasteiger partial charge is 0.220 e. The second-order valence-corrected chi connectivity index (χ2v) is 4.72. The number of hydrogen-bond acceptors (Lipinski definition) is 4. The maximum atomic E-state index is 11.9. The Balaban J connectivity index is 1.68. The van der Waals surface area contributed by atoms with Crippen molar-refractivity contribution in [3.8, 4) is 0 Å². The third-order valence-corrected chi connectivity index (χ3v) is 3.32. The Morgan fingerprint density at radius 1 is 1.63 bits per heavy atom. The van der Waals surface area contributed by atoms with Gasteiger partial charge in [0.15, 0.2) is 0 Å². The molecule has 1 fully saturated rings. The molecule has 1 aromatic heterocycles. The number of aryl methyl sites for hydroxylation is 1. The van der Waals surface area contributed by atoms with Crippen LogP contribution in [0.4, 0.5) is 0 Å². The van der Waals surface area contributed by atoms with Gasteiger partial charge in [-0.1, -0.05) is 0 Å². The van der Waals surface area contributed by atoms with E-state index in [-0.39, 0.29) is 18.1 Å². The van der Waals surface area contributed by atoms with Crippen LogP contribution < -0.4 is 5.32 Å². The molecule has 19 heavy (non-hydrogen) atoms. The summed E-state index contributed by atoms with van der Waals surface area (Å²) >= 11 is 0. The van der Waals surface area contributed by atoms with Crippen molar-refractivity contribution in [1.82, 2.24) is 14.9 Å². The van der Waals surface area contributed by atoms with Crippen molar-refractivity contribution >= 4 is 5.91 Å². The van der Waals surface area contributed by atoms with Gasteiger partial charge in [-0.05, 0) is 12.8 Å². The molecule has 6 nitrogen and oxygen atoms in total. The SMILES string of the molecule is CO[C@H]1CCOC[C@@H]1NC(=O)CCCn1ccnc1. The van der Waals surface area contributed by atoms with Gasteiger partial charge in [0.1, 0.15) is 0 Å². The molecule has 1 aliphatic heterocycles. The molecule has 0 spiro atoms. The molecule has 1 N–H and O–H groups in total. The van der Waals surface area contributed by atoms with Crippen molar-refractivity contribution in [3.63, 3.8) is 0 Å². The molecular formula is C13H21N3O3. The monoisotopic (exact) mass is 267 g/mol. The zero-order valence-corrected chi connectivity index (χ0v) is 11.2. The van der Waals surface area contributed by atoms with E-state index in [9.17, 15) is 4.79 Å². The van der Waals surface area contributed by atoms with Gasteiger partial charge in [0.2, 0.25) is 5.91 Å². The van der Waals surface area contributed by atoms with Gasteiger partial charge in [-0.2, -0.15) is 0 Å². The van der Waals surface area contributed by atoms with Crippen molar-refractivity contribution in [2.45, 2.75) is 38.0 Å². The number of aromatic nitrogens is 2. The quantitative estimate of drug-likeness (QED) is 0.819. The van der Waals surface area contributed by atoms with E-state index in [4.69, 9.17) is 9.47 Å². The van der Waals surface area contributed by atoms with Gasteiger partial charge in [-0.15, -0.1) is 0 Å². The second kappa shape index (κ2) is 7.25. The molecule has 2 atom stereocenters. The first-order valence-electron chi connectivity index (χ1n) is 6.65. The molecular weight excluding hydrogens is 246 g/mol. The largest absolute Gasteiger partial charge is 0.379 e. The summed E-state index contributed by atoms with van der Waals surface area (Å²) in [5.74, 6) is 0.0534. The summed E-state index contributed by atoms with van der Waals surface area (Å²) in [5.41, 5.74) is 0. The Labute approximate surface area is 113 Å². The number of ether oxygens (including phenoxy) is 2. The van der Waals surface area contributed by atoms with Gasteiger partial charge in [0.25, 0.3) is 0 Å². The van der Waals surface area contributed by atoms with E-state index in [1.165, 1.54) is 0 Å². The van der Waals surface area contributed by atoms with Gasteiger partial charge in [0.05, 0.1) is 25.1 Å². The maximum Gasteiger partial charge on any atom is 0.220 e. The zero-order valence-electron chi connectivity index (χ0n) is 11.2. The number of carbonyl (C=O) groups is 1. The van der Waals surface area contributed by atoms with E-state index in [2.05, 4.69) is 10.3 Å². The fourth-order valence-electron chi connectivity index (χ4n) is 2.26. The van der Waals surface area contributed by atoms with E-state index >= 15 is 0 Å². The van der Waals surface area contributed by atoms with Crippen LogP contribution >= 0.6 is 0 Å². The summed E-state index contributed by atoms with van der Waals surface area (Å²) in [5, 5.41) is 2.99. The zero-order chi connectivity index (χ0) is 13.5. The molecule has 0 aromatic carbocycles. The van der Waals surface area contributed by atoms with Crippen molar-refractivity contribution in [3.05, 3.63) is 18.7 Å². The average Bonchev–Trinajstić information content (AvgIpc) is 2.92. The summed E-state index contributed by atoms with van der Waals surface area (Å²) in [6.45, 7) is 2.04. The first-order chi connectivity index (χ1) is 9.29. The number of carbonyl (C=O) groups excluding carboxylic acids is 1. The Morgan fingerprint density at radius 3 is 3.26 bits per heavy atom. The molecule has 106 valence electrons. The summed E-state index contributed by atoms with van der Waals surface area (Å²) in [6, 6.07) is -0.0282. The third-order valence-electron chi connectivity index (χ3n) is 3.32. The van der Waals surface area contributed by atoms with E-state index in [0.717, 1.165) is 19.4 Å². The highest BCUT2D eigenvalue weighted by Gasteiger charge is 2.26. The average molecular weight is 267 g/mol. The molecule has 1 aliphatic rings. The molecule has 0 unspecified atom stereocenters. The summed E-state index contributed by atoms with van der Waals surface area (Å²) in [6.07, 6.45) is 7.59. The van der Waals surface area contributed by atoms with Gasteiger partial charge in [0, 0.05) is 39.1 Å². The van der Waals surface area contributed by atoms with Crippen LogP contribution in [0.25, 0.3) is 0 Å². The first kappa shape index (κ1) is 14.0. The third kappa shape index (κ3) is 4.33. The van der Waals surface area contributed by atoms with E-state index in [0.29, 0.717) is 19.6 Å². The Hall–Kier alpha value is -1.40. The van der Waals surface area contributed by atoms with Crippen LogP contribution in [0.3, 0.4) is 0 Å². The molecule has 2 heterocycles. The van der Waals surface area contributed by atoms with E-state index in [1.807, 2.05) is 10.8 Å². The minimum absolute atomic E-state index is 0.0282. The Kier molecular flexibility index (Phi) is 5.35. The standard InChI is InChI=1S/C13H21N3O3/c1-18-12-4-8-19-9-11(12)15-13(17)3-2-6-16-7-5-14-10-16/h5,7,10-12H,2-4,6,8-9H2,1H3,(H,15,17)/t11-,12-/m0/s1. The number of amides is 1. The highest BCUT2D eigenvalue weighted by atomic mass is 16.5. The number of rotatable bonds is 6. The molecule has 1 amide bonds. The molecule has 2 rings (SSSR count). The van der Waals surface area contributed by atoms with Crippen LogP contribution in [-0.4, -0.2) is 47.9 Å². The highest BCUT2D eigenvalue weighted by molar-refractivity contribution is 5.76. The normalized spacial score (nSPS) is 23.2. The van der Waals surface area contributed by atoms with Gasteiger partial charge >= 0.3 is 0 Å². The molecule has 0 bridgehead atoms. The summed E-state index contributed by atoms with van der Waals surface area (Å²) in [4.78, 5) is 15.8. The number of nitrogens with zero attached hydrogens (tertiary/aromatic N) is 2. The van der Waals surface area contributed by atoms with E-state index in [1.54, 1.807) is 19.6 Å². The van der Waals surface area contributed by atoms with Crippen LogP contribution in [0.1, 0.15) is 19.3 Å². The lowest BCUT2D eigenvalue weighted by Crippen LogP contribution is -2.50. The molecule has 0 saturated carbocycles. The lowest BCUT2D eigenvalue weighted by atomic mass is 10.1. The molecule has 1 saturated heterocycles. The highest BCUT2D eigenvalue weighted by Crippen LogP contribution is 2.11. The van der Waals surface area contributed by atoms with Crippen molar-refractivity contribution in [2.75, 3.05) is 20.3 Å². The maximum absolute atomic E-state index is 11.9. The van der Waals surface area contributed by atoms with Crippen LogP contribution in [0, 0.1) is 0 Å². The molecule has 0 radical (unpaired) electrons. The van der Waals surface area contributed by atoms with Gasteiger partial charge < -0.3 is 19.4 Å². The first-order valence-corrected chi connectivity index (χ1v) is 6.65. The topological polar surface area (TPSA) is 65.4 Å². The molecule has 6 heteroatoms. The molecule has 0 aliphatic carbocycles. The number of hydrogen-bond donors (Lipinski definition) is 1. The fraction of sp³-hybridized carbons (Fsp3) is 0.692. The number of imidazole rings is 1. The van der Waals surface area contributed by atoms with Crippen LogP contribution in [0.2, 0.25) is 0 Å². The minimum atomic E-state index is -0.0282. The van der Waals surface area contributed by atoms with Gasteiger partial charge in [-0.3, -0.25) is 4.79 Å². The summed E-state index contributed by atoms with van der Waals surface area (Å²) in [7, 11) is 1.67. The number of methoxy groups -OCH3 is 1. The second-order valence-electron chi connectivity index (χ2n) is 4.72. The lowest BCUT2D eigenvalue weighted by molar-refractivity contribution is -0.125. The van der Waals surface area contributed by atoms with Crippen molar-refractivity contribution in [2.24, 2.45) is 0 Å². The van der Waals surface area contributed by atoms with Crippen LogP contribution in [0.15, 0.2) is 18.7 Å². The van der Waals surface area contributed by atoms with Crippen LogP contribution in [0.5, 0.6) is 0 Å². The van der Waals surface area contributed by atoms with Gasteiger partial charge in [-0.25, -0.2) is 4.98 Å².